The molecule has 0 saturated carbocycles. The number of nitrogens with one attached hydrogen (secondary N) is 3. The molecule has 0 radical (unpaired) electrons. The van der Waals surface area contributed by atoms with Gasteiger partial charge in [-0.05, 0) is 49.7 Å². The second-order valence-corrected chi connectivity index (χ2v) is 7.42. The maximum atomic E-state index is 12.5. The monoisotopic (exact) mass is 378 g/mol. The predicted octanol–water partition coefficient (Wildman–Crippen LogP) is 2.79. The summed E-state index contributed by atoms with van der Waals surface area (Å²) in [6, 6.07) is 11.1. The number of hydrogen-bond donors (Lipinski definition) is 3. The van der Waals surface area contributed by atoms with Crippen LogP contribution in [0.5, 0.6) is 0 Å². The van der Waals surface area contributed by atoms with Crippen LogP contribution in [-0.4, -0.2) is 35.0 Å². The molecule has 8 heteroatoms. The van der Waals surface area contributed by atoms with Crippen LogP contribution in [0.15, 0.2) is 36.5 Å². The molecule has 0 spiro atoms. The summed E-state index contributed by atoms with van der Waals surface area (Å²) in [5.41, 5.74) is 1.98. The molecule has 136 valence electrons. The lowest BCUT2D eigenvalue weighted by molar-refractivity contribution is 0.0930. The Morgan fingerprint density at radius 2 is 2.26 bits per heavy atom. The van der Waals surface area contributed by atoms with Gasteiger partial charge >= 0.3 is 0 Å². The van der Waals surface area contributed by atoms with Crippen molar-refractivity contribution >= 4 is 38.4 Å². The van der Waals surface area contributed by atoms with E-state index in [4.69, 9.17) is 5.26 Å². The number of benzene rings is 1. The first-order chi connectivity index (χ1) is 13.2. The number of hydrogen-bond acceptors (Lipinski definition) is 7. The largest absolute Gasteiger partial charge is 0.348 e. The lowest BCUT2D eigenvalue weighted by Gasteiger charge is -2.23. The Balaban J connectivity index is 1.49. The third-order valence-corrected chi connectivity index (χ3v) is 5.34. The molecule has 3 N–H and O–H groups in total. The van der Waals surface area contributed by atoms with Gasteiger partial charge in [-0.3, -0.25) is 4.79 Å². The topological polar surface area (TPSA) is 103 Å². The summed E-state index contributed by atoms with van der Waals surface area (Å²) in [7, 11) is 0. The summed E-state index contributed by atoms with van der Waals surface area (Å²) in [4.78, 5) is 21.3. The van der Waals surface area contributed by atoms with Gasteiger partial charge in [-0.25, -0.2) is 9.97 Å². The number of pyridine rings is 1. The zero-order valence-electron chi connectivity index (χ0n) is 14.5. The highest BCUT2D eigenvalue weighted by molar-refractivity contribution is 7.22. The highest BCUT2D eigenvalue weighted by Gasteiger charge is 2.17. The second-order valence-electron chi connectivity index (χ2n) is 6.38. The SMILES string of the molecule is N#Cc1ccc2nc(Nc3cc(C(=O)NC4CCCNC4)ccn3)sc2c1. The van der Waals surface area contributed by atoms with Crippen molar-refractivity contribution in [2.75, 3.05) is 18.4 Å². The van der Waals surface area contributed by atoms with Crippen LogP contribution < -0.4 is 16.0 Å². The van der Waals surface area contributed by atoms with E-state index in [-0.39, 0.29) is 11.9 Å². The molecule has 1 saturated heterocycles. The Morgan fingerprint density at radius 1 is 1.33 bits per heavy atom. The standard InChI is InChI=1S/C19H18N6OS/c20-10-12-3-4-15-16(8-12)27-19(24-15)25-17-9-13(5-7-22-17)18(26)23-14-2-1-6-21-11-14/h3-5,7-9,14,21H,1-2,6,11H2,(H,23,26)(H,22,24,25). The van der Waals surface area contributed by atoms with E-state index in [0.29, 0.717) is 22.1 Å². The number of aromatic nitrogens is 2. The van der Waals surface area contributed by atoms with Gasteiger partial charge in [-0.15, -0.1) is 0 Å². The van der Waals surface area contributed by atoms with Crippen LogP contribution in [0.2, 0.25) is 0 Å². The third-order valence-electron chi connectivity index (χ3n) is 4.41. The predicted molar refractivity (Wildman–Crippen MR) is 105 cm³/mol. The summed E-state index contributed by atoms with van der Waals surface area (Å²) >= 11 is 1.44. The maximum Gasteiger partial charge on any atom is 0.251 e. The lowest BCUT2D eigenvalue weighted by atomic mass is 10.1. The van der Waals surface area contributed by atoms with Gasteiger partial charge in [0.2, 0.25) is 0 Å². The molecule has 1 aromatic carbocycles. The maximum absolute atomic E-state index is 12.5. The van der Waals surface area contributed by atoms with Crippen molar-refractivity contribution in [3.63, 3.8) is 0 Å². The van der Waals surface area contributed by atoms with Crippen molar-refractivity contribution in [1.29, 1.82) is 5.26 Å². The number of carbonyl (C=O) groups excluding carboxylic acids is 1. The Kier molecular flexibility index (Phi) is 4.96. The van der Waals surface area contributed by atoms with E-state index in [1.165, 1.54) is 11.3 Å². The van der Waals surface area contributed by atoms with Crippen LogP contribution in [0, 0.1) is 11.3 Å². The molecule has 27 heavy (non-hydrogen) atoms. The fraction of sp³-hybridized carbons (Fsp3) is 0.263. The van der Waals surface area contributed by atoms with E-state index in [1.807, 2.05) is 12.1 Å². The van der Waals surface area contributed by atoms with Crippen molar-refractivity contribution in [2.45, 2.75) is 18.9 Å². The fourth-order valence-electron chi connectivity index (χ4n) is 3.04. The van der Waals surface area contributed by atoms with E-state index >= 15 is 0 Å². The minimum atomic E-state index is -0.0999. The summed E-state index contributed by atoms with van der Waals surface area (Å²) in [6.07, 6.45) is 3.67. The Morgan fingerprint density at radius 3 is 3.07 bits per heavy atom. The highest BCUT2D eigenvalue weighted by Crippen LogP contribution is 2.28. The van der Waals surface area contributed by atoms with Crippen LogP contribution in [0.25, 0.3) is 10.2 Å². The van der Waals surface area contributed by atoms with Crippen molar-refractivity contribution in [2.24, 2.45) is 0 Å². The number of thiazole rings is 1. The van der Waals surface area contributed by atoms with Gasteiger partial charge in [0.15, 0.2) is 5.13 Å². The molecule has 4 rings (SSSR count). The number of amides is 1. The number of nitriles is 1. The van der Waals surface area contributed by atoms with Gasteiger partial charge in [-0.2, -0.15) is 5.26 Å². The van der Waals surface area contributed by atoms with Crippen molar-refractivity contribution in [3.05, 3.63) is 47.7 Å². The molecule has 1 aliphatic heterocycles. The average molecular weight is 378 g/mol. The van der Waals surface area contributed by atoms with E-state index in [1.54, 1.807) is 24.4 Å². The molecule has 0 aliphatic carbocycles. The van der Waals surface area contributed by atoms with Gasteiger partial charge in [0.1, 0.15) is 5.82 Å². The number of carbonyl (C=O) groups is 1. The Labute approximate surface area is 160 Å². The zero-order chi connectivity index (χ0) is 18.6. The summed E-state index contributed by atoms with van der Waals surface area (Å²) < 4.78 is 0.926. The van der Waals surface area contributed by atoms with Gasteiger partial charge in [0, 0.05) is 24.3 Å². The smallest absolute Gasteiger partial charge is 0.251 e. The molecule has 1 atom stereocenters. The molecular formula is C19H18N6OS. The molecule has 3 aromatic rings. The van der Waals surface area contributed by atoms with Gasteiger partial charge in [0.05, 0.1) is 21.8 Å². The molecule has 1 amide bonds. The number of rotatable bonds is 4. The lowest BCUT2D eigenvalue weighted by Crippen LogP contribution is -2.45. The first kappa shape index (κ1) is 17.4. The van der Waals surface area contributed by atoms with Crippen LogP contribution in [-0.2, 0) is 0 Å². The quantitative estimate of drug-likeness (QED) is 0.645. The molecule has 1 aliphatic rings. The van der Waals surface area contributed by atoms with Gasteiger partial charge in [0.25, 0.3) is 5.91 Å². The third kappa shape index (κ3) is 4.05. The van der Waals surface area contributed by atoms with Crippen LogP contribution >= 0.6 is 11.3 Å². The summed E-state index contributed by atoms with van der Waals surface area (Å²) in [5, 5.41) is 19.2. The van der Waals surface area contributed by atoms with Crippen molar-refractivity contribution < 1.29 is 4.79 Å². The second kappa shape index (κ2) is 7.70. The molecule has 1 fully saturated rings. The van der Waals surface area contributed by atoms with Crippen molar-refractivity contribution in [1.82, 2.24) is 20.6 Å². The average Bonchev–Trinajstić information content (AvgIpc) is 3.10. The molecular weight excluding hydrogens is 360 g/mol. The van der Waals surface area contributed by atoms with E-state index in [9.17, 15) is 4.79 Å². The van der Waals surface area contributed by atoms with Gasteiger partial charge < -0.3 is 16.0 Å². The van der Waals surface area contributed by atoms with Gasteiger partial charge in [-0.1, -0.05) is 11.3 Å². The first-order valence-corrected chi connectivity index (χ1v) is 9.58. The summed E-state index contributed by atoms with van der Waals surface area (Å²) in [6.45, 7) is 1.81. The molecule has 3 heterocycles. The molecule has 7 nitrogen and oxygen atoms in total. The summed E-state index contributed by atoms with van der Waals surface area (Å²) in [5.74, 6) is 0.459. The number of nitrogens with zero attached hydrogens (tertiary/aromatic N) is 3. The van der Waals surface area contributed by atoms with Crippen LogP contribution in [0.3, 0.4) is 0 Å². The number of anilines is 2. The van der Waals surface area contributed by atoms with Crippen LogP contribution in [0.1, 0.15) is 28.8 Å². The molecule has 1 unspecified atom stereocenters. The number of fused-ring (bicyclic) bond motifs is 1. The zero-order valence-corrected chi connectivity index (χ0v) is 15.3. The Bertz CT molecular complexity index is 1020. The van der Waals surface area contributed by atoms with E-state index in [0.717, 1.165) is 36.1 Å². The highest BCUT2D eigenvalue weighted by atomic mass is 32.1. The number of piperidine rings is 1. The van der Waals surface area contributed by atoms with Crippen LogP contribution in [0.4, 0.5) is 10.9 Å². The molecule has 0 bridgehead atoms. The minimum Gasteiger partial charge on any atom is -0.348 e. The normalized spacial score (nSPS) is 16.6. The van der Waals surface area contributed by atoms with E-state index in [2.05, 4.69) is 32.0 Å². The Hall–Kier alpha value is -3.02. The van der Waals surface area contributed by atoms with Crippen molar-refractivity contribution in [3.8, 4) is 6.07 Å². The fourth-order valence-corrected chi connectivity index (χ4v) is 3.95. The first-order valence-electron chi connectivity index (χ1n) is 8.76. The minimum absolute atomic E-state index is 0.0999. The van der Waals surface area contributed by atoms with E-state index < -0.39 is 0 Å². The molecule has 2 aromatic heterocycles.